The fraction of sp³-hybridized carbons (Fsp3) is 0.286. The number of anilines is 1. The Morgan fingerprint density at radius 1 is 1.29 bits per heavy atom. The second-order valence-electron chi connectivity index (χ2n) is 4.59. The van der Waals surface area contributed by atoms with Gasteiger partial charge in [0.2, 0.25) is 0 Å². The fourth-order valence-corrected chi connectivity index (χ4v) is 3.78. The largest absolute Gasteiger partial charge is 0.293 e. The minimum Gasteiger partial charge on any atom is -0.293 e. The summed E-state index contributed by atoms with van der Waals surface area (Å²) in [5, 5.41) is 1.72. The summed E-state index contributed by atoms with van der Waals surface area (Å²) in [6, 6.07) is 6.77. The van der Waals surface area contributed by atoms with E-state index in [1.165, 1.54) is 12.3 Å². The Balaban J connectivity index is 2.18. The summed E-state index contributed by atoms with van der Waals surface area (Å²) in [5.41, 5.74) is 1.36. The fourth-order valence-electron chi connectivity index (χ4n) is 1.78. The van der Waals surface area contributed by atoms with Gasteiger partial charge in [0.25, 0.3) is 10.0 Å². The number of aromatic nitrogens is 1. The number of carbonyl (C=O) groups is 1. The Kier molecular flexibility index (Phi) is 4.74. The first-order valence-electron chi connectivity index (χ1n) is 6.50. The Bertz CT molecular complexity index is 734. The summed E-state index contributed by atoms with van der Waals surface area (Å²) in [6.07, 6.45) is 1.93. The van der Waals surface area contributed by atoms with Crippen molar-refractivity contribution in [2.45, 2.75) is 31.6 Å². The van der Waals surface area contributed by atoms with Crippen molar-refractivity contribution in [3.63, 3.8) is 0 Å². The van der Waals surface area contributed by atoms with E-state index in [1.54, 1.807) is 24.3 Å². The van der Waals surface area contributed by atoms with Crippen LogP contribution in [0.3, 0.4) is 0 Å². The standard InChI is InChI=1S/C14H16N2O3S2/c1-3-4-11-5-7-12(8-6-11)21(18,19)16-14-15-13(9-20-14)10(2)17/h5-9H,3-4H2,1-2H3,(H,15,16). The van der Waals surface area contributed by atoms with Gasteiger partial charge in [-0.3, -0.25) is 9.52 Å². The molecule has 2 aromatic rings. The average molecular weight is 324 g/mol. The van der Waals surface area contributed by atoms with Gasteiger partial charge in [-0.1, -0.05) is 25.5 Å². The smallest absolute Gasteiger partial charge is 0.263 e. The number of nitrogens with zero attached hydrogens (tertiary/aromatic N) is 1. The number of carbonyl (C=O) groups excluding carboxylic acids is 1. The zero-order valence-electron chi connectivity index (χ0n) is 11.8. The minimum absolute atomic E-state index is 0.182. The molecule has 0 aliphatic heterocycles. The minimum atomic E-state index is -3.67. The van der Waals surface area contributed by atoms with Crippen LogP contribution in [-0.4, -0.2) is 19.2 Å². The SMILES string of the molecule is CCCc1ccc(S(=O)(=O)Nc2nc(C(C)=O)cs2)cc1. The maximum atomic E-state index is 12.2. The molecule has 1 N–H and O–H groups in total. The molecular formula is C14H16N2O3S2. The van der Waals surface area contributed by atoms with Gasteiger partial charge in [0.15, 0.2) is 10.9 Å². The topological polar surface area (TPSA) is 76.1 Å². The van der Waals surface area contributed by atoms with Gasteiger partial charge in [0.1, 0.15) is 5.69 Å². The molecule has 1 heterocycles. The molecule has 0 bridgehead atoms. The molecule has 0 unspecified atom stereocenters. The highest BCUT2D eigenvalue weighted by Gasteiger charge is 2.16. The summed E-state index contributed by atoms with van der Waals surface area (Å²) in [4.78, 5) is 15.3. The molecule has 1 aromatic carbocycles. The van der Waals surface area contributed by atoms with Gasteiger partial charge in [0.05, 0.1) is 4.90 Å². The monoisotopic (exact) mass is 324 g/mol. The highest BCUT2D eigenvalue weighted by molar-refractivity contribution is 7.93. The Morgan fingerprint density at radius 2 is 1.95 bits per heavy atom. The molecule has 0 fully saturated rings. The third-order valence-electron chi connectivity index (χ3n) is 2.86. The van der Waals surface area contributed by atoms with Crippen LogP contribution in [0.5, 0.6) is 0 Å². The van der Waals surface area contributed by atoms with Crippen molar-refractivity contribution in [2.75, 3.05) is 4.72 Å². The molecule has 0 radical (unpaired) electrons. The molecule has 2 rings (SSSR count). The van der Waals surface area contributed by atoms with Crippen LogP contribution in [0.2, 0.25) is 0 Å². The first-order valence-corrected chi connectivity index (χ1v) is 8.87. The summed E-state index contributed by atoms with van der Waals surface area (Å²) >= 11 is 1.09. The van der Waals surface area contributed by atoms with Gasteiger partial charge in [-0.15, -0.1) is 11.3 Å². The molecule has 5 nitrogen and oxygen atoms in total. The van der Waals surface area contributed by atoms with E-state index in [0.717, 1.165) is 29.7 Å². The first-order chi connectivity index (χ1) is 9.92. The predicted molar refractivity (Wildman–Crippen MR) is 83.4 cm³/mol. The van der Waals surface area contributed by atoms with Gasteiger partial charge < -0.3 is 0 Å². The van der Waals surface area contributed by atoms with Crippen molar-refractivity contribution < 1.29 is 13.2 Å². The van der Waals surface area contributed by atoms with E-state index in [0.29, 0.717) is 0 Å². The van der Waals surface area contributed by atoms with Crippen molar-refractivity contribution in [1.29, 1.82) is 0 Å². The molecule has 0 atom stereocenters. The molecule has 1 aromatic heterocycles. The van der Waals surface area contributed by atoms with Gasteiger partial charge >= 0.3 is 0 Å². The van der Waals surface area contributed by atoms with Crippen LogP contribution in [0.25, 0.3) is 0 Å². The summed E-state index contributed by atoms with van der Waals surface area (Å²) < 4.78 is 26.8. The maximum Gasteiger partial charge on any atom is 0.263 e. The van der Waals surface area contributed by atoms with E-state index in [1.807, 2.05) is 0 Å². The van der Waals surface area contributed by atoms with Crippen LogP contribution in [0.15, 0.2) is 34.5 Å². The Labute approximate surface area is 128 Å². The van der Waals surface area contributed by atoms with Crippen LogP contribution in [0, 0.1) is 0 Å². The van der Waals surface area contributed by atoms with Gasteiger partial charge in [0, 0.05) is 12.3 Å². The zero-order valence-corrected chi connectivity index (χ0v) is 13.4. The zero-order chi connectivity index (χ0) is 15.5. The van der Waals surface area contributed by atoms with E-state index in [2.05, 4.69) is 16.6 Å². The highest BCUT2D eigenvalue weighted by Crippen LogP contribution is 2.21. The molecule has 0 aliphatic carbocycles. The van der Waals surface area contributed by atoms with Crippen LogP contribution < -0.4 is 4.72 Å². The van der Waals surface area contributed by atoms with Crippen molar-refractivity contribution in [3.05, 3.63) is 40.9 Å². The molecule has 0 aliphatic rings. The number of hydrogen-bond acceptors (Lipinski definition) is 5. The number of benzene rings is 1. The van der Waals surface area contributed by atoms with Crippen molar-refractivity contribution in [2.24, 2.45) is 0 Å². The van der Waals surface area contributed by atoms with Gasteiger partial charge in [-0.05, 0) is 24.1 Å². The maximum absolute atomic E-state index is 12.2. The van der Waals surface area contributed by atoms with Gasteiger partial charge in [-0.25, -0.2) is 13.4 Å². The molecule has 0 saturated carbocycles. The average Bonchev–Trinajstić information content (AvgIpc) is 2.88. The molecule has 0 saturated heterocycles. The lowest BCUT2D eigenvalue weighted by molar-refractivity contribution is 0.101. The molecule has 7 heteroatoms. The lowest BCUT2D eigenvalue weighted by Gasteiger charge is -2.06. The van der Waals surface area contributed by atoms with Gasteiger partial charge in [-0.2, -0.15) is 0 Å². The number of aryl methyl sites for hydroxylation is 1. The summed E-state index contributed by atoms with van der Waals surface area (Å²) in [7, 11) is -3.67. The van der Waals surface area contributed by atoms with Crippen LogP contribution >= 0.6 is 11.3 Å². The number of hydrogen-bond donors (Lipinski definition) is 1. The lowest BCUT2D eigenvalue weighted by atomic mass is 10.1. The highest BCUT2D eigenvalue weighted by atomic mass is 32.2. The normalized spacial score (nSPS) is 11.3. The van der Waals surface area contributed by atoms with Crippen molar-refractivity contribution >= 4 is 32.3 Å². The Hall–Kier alpha value is -1.73. The third-order valence-corrected chi connectivity index (χ3v) is 5.10. The second-order valence-corrected chi connectivity index (χ2v) is 7.13. The van der Waals surface area contributed by atoms with E-state index in [4.69, 9.17) is 0 Å². The number of nitrogens with one attached hydrogen (secondary N) is 1. The second kappa shape index (κ2) is 6.36. The summed E-state index contributed by atoms with van der Waals surface area (Å²) in [6.45, 7) is 3.46. The summed E-state index contributed by atoms with van der Waals surface area (Å²) in [5.74, 6) is -0.194. The Morgan fingerprint density at radius 3 is 2.48 bits per heavy atom. The molecule has 112 valence electrons. The van der Waals surface area contributed by atoms with E-state index in [9.17, 15) is 13.2 Å². The lowest BCUT2D eigenvalue weighted by Crippen LogP contribution is -2.13. The predicted octanol–water partition coefficient (Wildman–Crippen LogP) is 3.10. The van der Waals surface area contributed by atoms with Crippen molar-refractivity contribution in [3.8, 4) is 0 Å². The molecular weight excluding hydrogens is 308 g/mol. The van der Waals surface area contributed by atoms with E-state index >= 15 is 0 Å². The van der Waals surface area contributed by atoms with Crippen LogP contribution in [0.4, 0.5) is 5.13 Å². The molecule has 21 heavy (non-hydrogen) atoms. The van der Waals surface area contributed by atoms with Crippen molar-refractivity contribution in [1.82, 2.24) is 4.98 Å². The molecule has 0 amide bonds. The number of Topliss-reactive ketones (excluding diaryl/α,β-unsaturated/α-hetero) is 1. The number of ketones is 1. The third kappa shape index (κ3) is 3.89. The first kappa shape index (κ1) is 15.7. The van der Waals surface area contributed by atoms with E-state index in [-0.39, 0.29) is 21.5 Å². The quantitative estimate of drug-likeness (QED) is 0.828. The number of rotatable bonds is 6. The van der Waals surface area contributed by atoms with Crippen LogP contribution in [0.1, 0.15) is 36.3 Å². The van der Waals surface area contributed by atoms with Crippen LogP contribution in [-0.2, 0) is 16.4 Å². The molecule has 0 spiro atoms. The van der Waals surface area contributed by atoms with E-state index < -0.39 is 10.0 Å². The number of sulfonamides is 1. The number of thiazole rings is 1.